The zero-order chi connectivity index (χ0) is 12.0. The lowest BCUT2D eigenvalue weighted by Gasteiger charge is -2.41. The van der Waals surface area contributed by atoms with Gasteiger partial charge in [0.1, 0.15) is 0 Å². The SMILES string of the molecule is Cc1cc(Br)cc(C)c1NC1CC2CC=CC21. The van der Waals surface area contributed by atoms with Crippen LogP contribution < -0.4 is 5.32 Å². The summed E-state index contributed by atoms with van der Waals surface area (Å²) in [6.45, 7) is 4.36. The summed E-state index contributed by atoms with van der Waals surface area (Å²) < 4.78 is 1.17. The Morgan fingerprint density at radius 2 is 1.94 bits per heavy atom. The molecule has 0 aliphatic heterocycles. The molecule has 0 heterocycles. The molecule has 1 N–H and O–H groups in total. The molecule has 0 spiro atoms. The van der Waals surface area contributed by atoms with E-state index >= 15 is 0 Å². The molecule has 3 atom stereocenters. The lowest BCUT2D eigenvalue weighted by molar-refractivity contribution is 0.218. The molecule has 2 heteroatoms. The first-order valence-corrected chi connectivity index (χ1v) is 7.14. The molecule has 0 amide bonds. The van der Waals surface area contributed by atoms with E-state index in [1.807, 2.05) is 0 Å². The minimum absolute atomic E-state index is 0.650. The van der Waals surface area contributed by atoms with Gasteiger partial charge < -0.3 is 5.32 Å². The summed E-state index contributed by atoms with van der Waals surface area (Å²) in [5, 5.41) is 3.74. The van der Waals surface area contributed by atoms with Crippen LogP contribution in [0.15, 0.2) is 28.8 Å². The summed E-state index contributed by atoms with van der Waals surface area (Å²) >= 11 is 3.55. The van der Waals surface area contributed by atoms with Gasteiger partial charge in [-0.15, -0.1) is 0 Å². The van der Waals surface area contributed by atoms with Crippen molar-refractivity contribution >= 4 is 21.6 Å². The molecule has 1 aromatic rings. The number of aryl methyl sites for hydroxylation is 2. The van der Waals surface area contributed by atoms with Crippen molar-refractivity contribution in [1.82, 2.24) is 0 Å². The van der Waals surface area contributed by atoms with Crippen LogP contribution in [0.1, 0.15) is 24.0 Å². The maximum atomic E-state index is 3.74. The number of anilines is 1. The van der Waals surface area contributed by atoms with Crippen LogP contribution in [-0.4, -0.2) is 6.04 Å². The van der Waals surface area contributed by atoms with E-state index in [-0.39, 0.29) is 0 Å². The van der Waals surface area contributed by atoms with Crippen molar-refractivity contribution < 1.29 is 0 Å². The van der Waals surface area contributed by atoms with E-state index in [0.29, 0.717) is 6.04 Å². The van der Waals surface area contributed by atoms with Crippen LogP contribution in [0, 0.1) is 25.7 Å². The molecule has 2 aliphatic carbocycles. The summed E-state index contributed by atoms with van der Waals surface area (Å²) in [5.41, 5.74) is 4.00. The van der Waals surface area contributed by atoms with Gasteiger partial charge in [0.15, 0.2) is 0 Å². The molecule has 2 aliphatic rings. The van der Waals surface area contributed by atoms with Gasteiger partial charge in [-0.3, -0.25) is 0 Å². The third-order valence-corrected chi connectivity index (χ3v) is 4.65. The highest BCUT2D eigenvalue weighted by Gasteiger charge is 2.41. The molecule has 3 rings (SSSR count). The van der Waals surface area contributed by atoms with E-state index in [1.54, 1.807) is 0 Å². The normalized spacial score (nSPS) is 29.9. The first-order valence-electron chi connectivity index (χ1n) is 6.35. The van der Waals surface area contributed by atoms with Gasteiger partial charge in [-0.25, -0.2) is 0 Å². The summed E-state index contributed by atoms with van der Waals surface area (Å²) in [6.07, 6.45) is 7.36. The first-order chi connectivity index (χ1) is 8.15. The highest BCUT2D eigenvalue weighted by molar-refractivity contribution is 9.10. The smallest absolute Gasteiger partial charge is 0.0402 e. The van der Waals surface area contributed by atoms with E-state index < -0.39 is 0 Å². The maximum Gasteiger partial charge on any atom is 0.0402 e. The van der Waals surface area contributed by atoms with Crippen LogP contribution in [0.5, 0.6) is 0 Å². The number of allylic oxidation sites excluding steroid dienone is 1. The second kappa shape index (κ2) is 4.16. The molecular formula is C15H18BrN. The molecule has 3 unspecified atom stereocenters. The number of rotatable bonds is 2. The van der Waals surface area contributed by atoms with Gasteiger partial charge in [0.2, 0.25) is 0 Å². The summed E-state index contributed by atoms with van der Waals surface area (Å²) in [4.78, 5) is 0. The molecule has 90 valence electrons. The Kier molecular flexibility index (Phi) is 2.78. The highest BCUT2D eigenvalue weighted by Crippen LogP contribution is 2.44. The standard InChI is InChI=1S/C15H18BrN/c1-9-6-12(16)7-10(2)15(9)17-14-8-11-4-3-5-13(11)14/h3,5-7,11,13-14,17H,4,8H2,1-2H3. The number of benzene rings is 1. The van der Waals surface area contributed by atoms with Crippen molar-refractivity contribution in [3.05, 3.63) is 39.9 Å². The summed E-state index contributed by atoms with van der Waals surface area (Å²) in [6, 6.07) is 5.03. The first kappa shape index (κ1) is 11.3. The third-order valence-electron chi connectivity index (χ3n) is 4.19. The van der Waals surface area contributed by atoms with Crippen molar-refractivity contribution in [2.75, 3.05) is 5.32 Å². The zero-order valence-electron chi connectivity index (χ0n) is 10.3. The number of fused-ring (bicyclic) bond motifs is 1. The largest absolute Gasteiger partial charge is 0.381 e. The fraction of sp³-hybridized carbons (Fsp3) is 0.467. The Labute approximate surface area is 111 Å². The lowest BCUT2D eigenvalue weighted by atomic mass is 9.71. The molecule has 0 saturated heterocycles. The van der Waals surface area contributed by atoms with Gasteiger partial charge >= 0.3 is 0 Å². The second-order valence-electron chi connectivity index (χ2n) is 5.40. The number of hydrogen-bond donors (Lipinski definition) is 1. The molecule has 0 bridgehead atoms. The predicted molar refractivity (Wildman–Crippen MR) is 76.4 cm³/mol. The van der Waals surface area contributed by atoms with Crippen LogP contribution >= 0.6 is 15.9 Å². The van der Waals surface area contributed by atoms with Crippen molar-refractivity contribution in [2.24, 2.45) is 11.8 Å². The van der Waals surface area contributed by atoms with Gasteiger partial charge in [-0.05, 0) is 55.9 Å². The van der Waals surface area contributed by atoms with E-state index in [4.69, 9.17) is 0 Å². The van der Waals surface area contributed by atoms with Gasteiger partial charge in [-0.2, -0.15) is 0 Å². The Bertz CT molecular complexity index is 455. The van der Waals surface area contributed by atoms with Crippen molar-refractivity contribution in [2.45, 2.75) is 32.7 Å². The average molecular weight is 292 g/mol. The van der Waals surface area contributed by atoms with E-state index in [1.165, 1.54) is 34.1 Å². The second-order valence-corrected chi connectivity index (χ2v) is 6.32. The van der Waals surface area contributed by atoms with Crippen molar-refractivity contribution in [3.8, 4) is 0 Å². The zero-order valence-corrected chi connectivity index (χ0v) is 11.9. The molecule has 1 fully saturated rings. The van der Waals surface area contributed by atoms with Gasteiger partial charge in [0.05, 0.1) is 0 Å². The quantitative estimate of drug-likeness (QED) is 0.794. The van der Waals surface area contributed by atoms with Crippen LogP contribution in [0.2, 0.25) is 0 Å². The summed E-state index contributed by atoms with van der Waals surface area (Å²) in [7, 11) is 0. The van der Waals surface area contributed by atoms with Crippen molar-refractivity contribution in [1.29, 1.82) is 0 Å². The van der Waals surface area contributed by atoms with Crippen LogP contribution in [0.4, 0.5) is 5.69 Å². The highest BCUT2D eigenvalue weighted by atomic mass is 79.9. The fourth-order valence-electron chi connectivity index (χ4n) is 3.21. The van der Waals surface area contributed by atoms with E-state index in [2.05, 4.69) is 59.4 Å². The predicted octanol–water partition coefficient (Wildman–Crippen LogP) is 4.44. The fourth-order valence-corrected chi connectivity index (χ4v) is 3.89. The maximum absolute atomic E-state index is 3.74. The minimum atomic E-state index is 0.650. The number of halogens is 1. The van der Waals surface area contributed by atoms with Gasteiger partial charge in [0.25, 0.3) is 0 Å². The molecule has 17 heavy (non-hydrogen) atoms. The molecule has 1 nitrogen and oxygen atoms in total. The molecule has 0 radical (unpaired) electrons. The Balaban J connectivity index is 1.79. The van der Waals surface area contributed by atoms with Crippen molar-refractivity contribution in [3.63, 3.8) is 0 Å². The Hall–Kier alpha value is -0.760. The van der Waals surface area contributed by atoms with Crippen LogP contribution in [0.25, 0.3) is 0 Å². The van der Waals surface area contributed by atoms with E-state index in [9.17, 15) is 0 Å². The Morgan fingerprint density at radius 1 is 1.24 bits per heavy atom. The van der Waals surface area contributed by atoms with Gasteiger partial charge in [-0.1, -0.05) is 28.1 Å². The summed E-state index contributed by atoms with van der Waals surface area (Å²) in [5.74, 6) is 1.70. The topological polar surface area (TPSA) is 12.0 Å². The Morgan fingerprint density at radius 3 is 2.59 bits per heavy atom. The monoisotopic (exact) mass is 291 g/mol. The third kappa shape index (κ3) is 1.93. The molecule has 1 aromatic carbocycles. The van der Waals surface area contributed by atoms with Crippen LogP contribution in [0.3, 0.4) is 0 Å². The van der Waals surface area contributed by atoms with Crippen LogP contribution in [-0.2, 0) is 0 Å². The number of hydrogen-bond acceptors (Lipinski definition) is 1. The lowest BCUT2D eigenvalue weighted by Crippen LogP contribution is -2.43. The molecule has 0 aromatic heterocycles. The molecule has 1 saturated carbocycles. The van der Waals surface area contributed by atoms with E-state index in [0.717, 1.165) is 11.8 Å². The number of nitrogens with one attached hydrogen (secondary N) is 1. The average Bonchev–Trinajstić information content (AvgIpc) is 2.58. The van der Waals surface area contributed by atoms with Gasteiger partial charge in [0, 0.05) is 22.1 Å². The molecular weight excluding hydrogens is 274 g/mol. The minimum Gasteiger partial charge on any atom is -0.381 e.